The van der Waals surface area contributed by atoms with Crippen LogP contribution in [0, 0.1) is 11.8 Å². The maximum Gasteiger partial charge on any atom is 0.323 e. The second kappa shape index (κ2) is 13.8. The van der Waals surface area contributed by atoms with Crippen LogP contribution in [-0.4, -0.2) is 55.4 Å². The lowest BCUT2D eigenvalue weighted by molar-refractivity contribution is -0.161. The molecule has 0 saturated carbocycles. The molecular weight excluding hydrogens is 504 g/mol. The van der Waals surface area contributed by atoms with Gasteiger partial charge in [0.25, 0.3) is 0 Å². The first-order valence-electron chi connectivity index (χ1n) is 14.9. The molecule has 1 fully saturated rings. The quantitative estimate of drug-likeness (QED) is 0.222. The number of esters is 1. The van der Waals surface area contributed by atoms with E-state index in [0.717, 1.165) is 19.3 Å². The number of benzene rings is 1. The summed E-state index contributed by atoms with van der Waals surface area (Å²) >= 11 is 0. The second-order valence-corrected chi connectivity index (χ2v) is 18.9. The molecule has 0 radical (unpaired) electrons. The number of hydrogen-bond donors (Lipinski definition) is 1. The predicted octanol–water partition coefficient (Wildman–Crippen LogP) is 6.94. The van der Waals surface area contributed by atoms with Crippen molar-refractivity contribution in [3.63, 3.8) is 0 Å². The zero-order valence-corrected chi connectivity index (χ0v) is 27.6. The van der Waals surface area contributed by atoms with E-state index in [1.165, 1.54) is 5.56 Å². The van der Waals surface area contributed by atoms with Gasteiger partial charge in [-0.2, -0.15) is 0 Å². The average Bonchev–Trinajstić information content (AvgIpc) is 3.13. The van der Waals surface area contributed by atoms with Crippen LogP contribution >= 0.6 is 0 Å². The summed E-state index contributed by atoms with van der Waals surface area (Å²) in [6, 6.07) is 10.3. The maximum absolute atomic E-state index is 13.7. The molecule has 1 amide bonds. The van der Waals surface area contributed by atoms with Gasteiger partial charge in [-0.15, -0.1) is 0 Å². The first kappa shape index (κ1) is 33.5. The lowest BCUT2D eigenvalue weighted by Gasteiger charge is -2.39. The molecule has 0 aromatic heterocycles. The summed E-state index contributed by atoms with van der Waals surface area (Å²) in [5.74, 6) is 0.347. The van der Waals surface area contributed by atoms with Gasteiger partial charge in [0.05, 0.1) is 0 Å². The third-order valence-corrected chi connectivity index (χ3v) is 13.1. The molecule has 1 aliphatic rings. The van der Waals surface area contributed by atoms with Crippen molar-refractivity contribution in [1.82, 2.24) is 10.2 Å². The van der Waals surface area contributed by atoms with E-state index in [2.05, 4.69) is 82.2 Å². The summed E-state index contributed by atoms with van der Waals surface area (Å²) in [6.07, 6.45) is 3.67. The third-order valence-electron chi connectivity index (χ3n) is 8.59. The largest absolute Gasteiger partial charge is 0.459 e. The highest BCUT2D eigenvalue weighted by atomic mass is 28.4. The van der Waals surface area contributed by atoms with Crippen molar-refractivity contribution in [2.75, 3.05) is 6.61 Å². The molecule has 39 heavy (non-hydrogen) atoms. The molecule has 5 atom stereocenters. The molecule has 1 saturated heterocycles. The Morgan fingerprint density at radius 2 is 1.72 bits per heavy atom. The Morgan fingerprint density at radius 1 is 1.10 bits per heavy atom. The highest BCUT2D eigenvalue weighted by molar-refractivity contribution is 6.74. The summed E-state index contributed by atoms with van der Waals surface area (Å²) in [5, 5.41) is 3.26. The van der Waals surface area contributed by atoms with Crippen LogP contribution in [0.25, 0.3) is 0 Å². The smallest absolute Gasteiger partial charge is 0.323 e. The first-order chi connectivity index (χ1) is 17.9. The van der Waals surface area contributed by atoms with Crippen LogP contribution in [0.3, 0.4) is 0 Å². The van der Waals surface area contributed by atoms with E-state index in [4.69, 9.17) is 9.16 Å². The number of amides is 1. The molecule has 0 aliphatic carbocycles. The van der Waals surface area contributed by atoms with Crippen LogP contribution in [-0.2, 0) is 25.3 Å². The molecule has 1 aromatic rings. The monoisotopic (exact) mass is 560 g/mol. The molecule has 2 unspecified atom stereocenters. The molecule has 0 bridgehead atoms. The lowest BCUT2D eigenvalue weighted by atomic mass is 9.85. The topological polar surface area (TPSA) is 67.9 Å². The number of rotatable bonds is 12. The SMILES string of the molecule is CCCC(C[C@@H]1[C@H](CO[Si](C)(C)C(C)(C)C)C[C@H](C(=O)OC(C)(C)C)N1Cc1ccccc1)C(C)NC(C)=O. The Kier molecular flexibility index (Phi) is 11.8. The molecule has 1 heterocycles. The van der Waals surface area contributed by atoms with E-state index in [-0.39, 0.29) is 41.0 Å². The minimum absolute atomic E-state index is 0.000563. The Hall–Kier alpha value is -1.70. The molecule has 222 valence electrons. The van der Waals surface area contributed by atoms with Crippen molar-refractivity contribution in [3.05, 3.63) is 35.9 Å². The van der Waals surface area contributed by atoms with Gasteiger partial charge in [0.2, 0.25) is 5.91 Å². The fourth-order valence-corrected chi connectivity index (χ4v) is 6.50. The molecule has 1 aliphatic heterocycles. The Labute approximate surface area is 239 Å². The fraction of sp³-hybridized carbons (Fsp3) is 0.750. The van der Waals surface area contributed by atoms with Gasteiger partial charge >= 0.3 is 5.97 Å². The molecule has 1 aromatic carbocycles. The highest BCUT2D eigenvalue weighted by Gasteiger charge is 2.48. The lowest BCUT2D eigenvalue weighted by Crippen LogP contribution is -2.47. The van der Waals surface area contributed by atoms with Gasteiger partial charge in [-0.3, -0.25) is 14.5 Å². The van der Waals surface area contributed by atoms with Crippen molar-refractivity contribution in [1.29, 1.82) is 0 Å². The van der Waals surface area contributed by atoms with Crippen LogP contribution in [0.2, 0.25) is 18.1 Å². The molecular formula is C32H56N2O4Si. The fourth-order valence-electron chi connectivity index (χ4n) is 5.43. The van der Waals surface area contributed by atoms with Crippen molar-refractivity contribution in [2.45, 2.75) is 136 Å². The Balaban J connectivity index is 2.48. The average molecular weight is 561 g/mol. The highest BCUT2D eigenvalue weighted by Crippen LogP contribution is 2.41. The van der Waals surface area contributed by atoms with Crippen LogP contribution in [0.1, 0.15) is 93.6 Å². The molecule has 0 spiro atoms. The number of ether oxygens (including phenoxy) is 1. The second-order valence-electron chi connectivity index (χ2n) is 14.1. The predicted molar refractivity (Wildman–Crippen MR) is 163 cm³/mol. The number of nitrogens with one attached hydrogen (secondary N) is 1. The van der Waals surface area contributed by atoms with Gasteiger partial charge in [0.1, 0.15) is 11.6 Å². The summed E-state index contributed by atoms with van der Waals surface area (Å²) in [6.45, 7) is 24.4. The summed E-state index contributed by atoms with van der Waals surface area (Å²) in [4.78, 5) is 28.0. The van der Waals surface area contributed by atoms with Crippen molar-refractivity contribution in [2.24, 2.45) is 11.8 Å². The van der Waals surface area contributed by atoms with E-state index in [1.807, 2.05) is 26.8 Å². The van der Waals surface area contributed by atoms with Crippen LogP contribution in [0.15, 0.2) is 30.3 Å². The van der Waals surface area contributed by atoms with E-state index in [9.17, 15) is 9.59 Å². The number of nitrogens with zero attached hydrogens (tertiary/aromatic N) is 1. The van der Waals surface area contributed by atoms with Crippen molar-refractivity contribution >= 4 is 20.2 Å². The van der Waals surface area contributed by atoms with Gasteiger partial charge in [-0.1, -0.05) is 64.4 Å². The van der Waals surface area contributed by atoms with Gasteiger partial charge in [0.15, 0.2) is 8.32 Å². The number of carbonyl (C=O) groups is 2. The van der Waals surface area contributed by atoms with Crippen LogP contribution in [0.5, 0.6) is 0 Å². The van der Waals surface area contributed by atoms with Gasteiger partial charge in [-0.05, 0) is 82.5 Å². The van der Waals surface area contributed by atoms with E-state index < -0.39 is 13.9 Å². The third kappa shape index (κ3) is 10.0. The van der Waals surface area contributed by atoms with Gasteiger partial charge < -0.3 is 14.5 Å². The minimum Gasteiger partial charge on any atom is -0.459 e. The molecule has 2 rings (SSSR count). The van der Waals surface area contributed by atoms with Gasteiger partial charge in [0, 0.05) is 32.2 Å². The zero-order valence-electron chi connectivity index (χ0n) is 26.6. The Bertz CT molecular complexity index is 922. The summed E-state index contributed by atoms with van der Waals surface area (Å²) < 4.78 is 12.8. The van der Waals surface area contributed by atoms with Crippen molar-refractivity contribution < 1.29 is 18.8 Å². The Morgan fingerprint density at radius 3 is 2.23 bits per heavy atom. The summed E-state index contributed by atoms with van der Waals surface area (Å²) in [7, 11) is -1.98. The van der Waals surface area contributed by atoms with Crippen LogP contribution in [0.4, 0.5) is 0 Å². The minimum atomic E-state index is -1.98. The van der Waals surface area contributed by atoms with Crippen molar-refractivity contribution in [3.8, 4) is 0 Å². The standard InChI is InChI=1S/C32H56N2O4Si/c1-12-16-26(23(2)33-24(3)35)19-28-27(22-37-39(10,11)32(7,8)9)20-29(30(36)38-31(4,5)6)34(28)21-25-17-14-13-15-18-25/h13-15,17-18,23,26-29H,12,16,19-22H2,1-11H3,(H,33,35)/t23?,26?,27-,28+,29+/m0/s1. The van der Waals surface area contributed by atoms with E-state index in [0.29, 0.717) is 25.5 Å². The summed E-state index contributed by atoms with van der Waals surface area (Å²) in [5.41, 5.74) is 0.634. The zero-order chi connectivity index (χ0) is 29.6. The van der Waals surface area contributed by atoms with Crippen LogP contribution < -0.4 is 5.32 Å². The number of carbonyl (C=O) groups excluding carboxylic acids is 2. The molecule has 6 nitrogen and oxygen atoms in total. The molecule has 1 N–H and O–H groups in total. The van der Waals surface area contributed by atoms with Gasteiger partial charge in [-0.25, -0.2) is 0 Å². The van der Waals surface area contributed by atoms with E-state index in [1.54, 1.807) is 6.92 Å². The number of hydrogen-bond acceptors (Lipinski definition) is 5. The van der Waals surface area contributed by atoms with E-state index >= 15 is 0 Å². The molecule has 7 heteroatoms. The normalized spacial score (nSPS) is 22.4. The number of likely N-dealkylation sites (tertiary alicyclic amines) is 1. The first-order valence-corrected chi connectivity index (χ1v) is 17.8. The maximum atomic E-state index is 13.7.